The van der Waals surface area contributed by atoms with Crippen molar-refractivity contribution in [2.45, 2.75) is 33.2 Å². The third-order valence-corrected chi connectivity index (χ3v) is 2.95. The Morgan fingerprint density at radius 1 is 1.22 bits per heavy atom. The third kappa shape index (κ3) is 2.79. The van der Waals surface area contributed by atoms with Crippen molar-refractivity contribution in [3.63, 3.8) is 0 Å². The Balaban J connectivity index is 2.36. The van der Waals surface area contributed by atoms with Crippen molar-refractivity contribution in [1.29, 1.82) is 0 Å². The van der Waals surface area contributed by atoms with Gasteiger partial charge >= 0.3 is 0 Å². The van der Waals surface area contributed by atoms with Crippen LogP contribution >= 0.6 is 0 Å². The molecule has 96 valence electrons. The molecule has 0 bridgehead atoms. The zero-order valence-electron chi connectivity index (χ0n) is 11.3. The molecule has 0 unspecified atom stereocenters. The van der Waals surface area contributed by atoms with Crippen LogP contribution in [0.5, 0.6) is 0 Å². The lowest BCUT2D eigenvalue weighted by molar-refractivity contribution is 0.693. The summed E-state index contributed by atoms with van der Waals surface area (Å²) in [5.41, 5.74) is 3.48. The normalized spacial score (nSPS) is 11.1. The lowest BCUT2D eigenvalue weighted by Gasteiger charge is -2.05. The summed E-state index contributed by atoms with van der Waals surface area (Å²) in [5, 5.41) is 3.30. The molecule has 3 heteroatoms. The van der Waals surface area contributed by atoms with E-state index < -0.39 is 0 Å². The van der Waals surface area contributed by atoms with Crippen molar-refractivity contribution in [2.24, 2.45) is 0 Å². The molecule has 0 saturated carbocycles. The van der Waals surface area contributed by atoms with Gasteiger partial charge in [-0.05, 0) is 12.5 Å². The van der Waals surface area contributed by atoms with Gasteiger partial charge in [-0.25, -0.2) is 4.98 Å². The molecule has 0 aliphatic rings. The summed E-state index contributed by atoms with van der Waals surface area (Å²) in [5.74, 6) is 1.46. The Labute approximate surface area is 109 Å². The molecular weight excluding hydrogens is 222 g/mol. The van der Waals surface area contributed by atoms with Crippen molar-refractivity contribution in [1.82, 2.24) is 15.3 Å². The van der Waals surface area contributed by atoms with Gasteiger partial charge in [0.2, 0.25) is 0 Å². The van der Waals surface area contributed by atoms with E-state index in [2.05, 4.69) is 55.3 Å². The number of imidazole rings is 1. The van der Waals surface area contributed by atoms with E-state index in [-0.39, 0.29) is 0 Å². The Hall–Kier alpha value is -1.61. The SMILES string of the molecule is CCNCc1nc(-c2ccccc2)c(C(C)C)[nH]1. The highest BCUT2D eigenvalue weighted by Gasteiger charge is 2.14. The van der Waals surface area contributed by atoms with E-state index in [4.69, 9.17) is 4.98 Å². The molecule has 2 N–H and O–H groups in total. The van der Waals surface area contributed by atoms with Crippen LogP contribution in [-0.4, -0.2) is 16.5 Å². The standard InChI is InChI=1S/C15H21N3/c1-4-16-10-13-17-14(11(2)3)15(18-13)12-8-6-5-7-9-12/h5-9,11,16H,4,10H2,1-3H3,(H,17,18). The number of hydrogen-bond donors (Lipinski definition) is 2. The fourth-order valence-electron chi connectivity index (χ4n) is 2.00. The van der Waals surface area contributed by atoms with Gasteiger partial charge in [-0.3, -0.25) is 0 Å². The quantitative estimate of drug-likeness (QED) is 0.846. The zero-order valence-corrected chi connectivity index (χ0v) is 11.3. The molecule has 0 amide bonds. The van der Waals surface area contributed by atoms with Crippen LogP contribution in [-0.2, 0) is 6.54 Å². The Bertz CT molecular complexity index is 486. The summed E-state index contributed by atoms with van der Waals surface area (Å²) in [6.45, 7) is 8.24. The predicted octanol–water partition coefficient (Wildman–Crippen LogP) is 3.31. The van der Waals surface area contributed by atoms with E-state index in [9.17, 15) is 0 Å². The smallest absolute Gasteiger partial charge is 0.121 e. The minimum atomic E-state index is 0.447. The van der Waals surface area contributed by atoms with E-state index in [1.54, 1.807) is 0 Å². The first-order chi connectivity index (χ1) is 8.72. The fourth-order valence-corrected chi connectivity index (χ4v) is 2.00. The largest absolute Gasteiger partial charge is 0.344 e. The molecule has 1 aromatic heterocycles. The number of aromatic amines is 1. The number of rotatable bonds is 5. The van der Waals surface area contributed by atoms with Crippen molar-refractivity contribution in [2.75, 3.05) is 6.54 Å². The van der Waals surface area contributed by atoms with Gasteiger partial charge in [0.1, 0.15) is 5.82 Å². The lowest BCUT2D eigenvalue weighted by atomic mass is 10.0. The van der Waals surface area contributed by atoms with Crippen LogP contribution in [0.3, 0.4) is 0 Å². The van der Waals surface area contributed by atoms with E-state index in [0.717, 1.165) is 24.6 Å². The van der Waals surface area contributed by atoms with Gasteiger partial charge in [0.15, 0.2) is 0 Å². The lowest BCUT2D eigenvalue weighted by Crippen LogP contribution is -2.12. The van der Waals surface area contributed by atoms with Crippen molar-refractivity contribution in [3.8, 4) is 11.3 Å². The topological polar surface area (TPSA) is 40.7 Å². The highest BCUT2D eigenvalue weighted by Crippen LogP contribution is 2.26. The minimum absolute atomic E-state index is 0.447. The maximum atomic E-state index is 4.72. The maximum absolute atomic E-state index is 4.72. The van der Waals surface area contributed by atoms with Crippen LogP contribution in [0.1, 0.15) is 38.2 Å². The Morgan fingerprint density at radius 2 is 1.94 bits per heavy atom. The number of hydrogen-bond acceptors (Lipinski definition) is 2. The number of benzene rings is 1. The molecule has 0 atom stereocenters. The second-order valence-corrected chi connectivity index (χ2v) is 4.75. The third-order valence-electron chi connectivity index (χ3n) is 2.95. The summed E-state index contributed by atoms with van der Waals surface area (Å²) in [7, 11) is 0. The van der Waals surface area contributed by atoms with Crippen LogP contribution < -0.4 is 5.32 Å². The first kappa shape index (κ1) is 12.8. The first-order valence-electron chi connectivity index (χ1n) is 6.57. The van der Waals surface area contributed by atoms with E-state index in [0.29, 0.717) is 5.92 Å². The van der Waals surface area contributed by atoms with Gasteiger partial charge in [-0.15, -0.1) is 0 Å². The fraction of sp³-hybridized carbons (Fsp3) is 0.400. The number of H-pyrrole nitrogens is 1. The highest BCUT2D eigenvalue weighted by molar-refractivity contribution is 5.62. The molecule has 3 nitrogen and oxygen atoms in total. The highest BCUT2D eigenvalue weighted by atomic mass is 15.0. The number of aromatic nitrogens is 2. The summed E-state index contributed by atoms with van der Waals surface area (Å²) >= 11 is 0. The molecule has 0 aliphatic carbocycles. The zero-order chi connectivity index (χ0) is 13.0. The Morgan fingerprint density at radius 3 is 2.56 bits per heavy atom. The van der Waals surface area contributed by atoms with Gasteiger partial charge in [0, 0.05) is 11.3 Å². The van der Waals surface area contributed by atoms with E-state index >= 15 is 0 Å². The molecule has 2 aromatic rings. The molecule has 0 radical (unpaired) electrons. The van der Waals surface area contributed by atoms with Gasteiger partial charge in [0.05, 0.1) is 12.2 Å². The second kappa shape index (κ2) is 5.83. The predicted molar refractivity (Wildman–Crippen MR) is 75.5 cm³/mol. The molecular formula is C15H21N3. The summed E-state index contributed by atoms with van der Waals surface area (Å²) in [6, 6.07) is 10.4. The van der Waals surface area contributed by atoms with Gasteiger partial charge < -0.3 is 10.3 Å². The van der Waals surface area contributed by atoms with Gasteiger partial charge in [0.25, 0.3) is 0 Å². The van der Waals surface area contributed by atoms with Crippen LogP contribution in [0.15, 0.2) is 30.3 Å². The average Bonchev–Trinajstić information content (AvgIpc) is 2.82. The molecule has 18 heavy (non-hydrogen) atoms. The Kier molecular flexibility index (Phi) is 4.15. The van der Waals surface area contributed by atoms with Gasteiger partial charge in [-0.1, -0.05) is 51.1 Å². The van der Waals surface area contributed by atoms with E-state index in [1.807, 2.05) is 6.07 Å². The summed E-state index contributed by atoms with van der Waals surface area (Å²) < 4.78 is 0. The second-order valence-electron chi connectivity index (χ2n) is 4.75. The molecule has 1 aromatic carbocycles. The van der Waals surface area contributed by atoms with E-state index in [1.165, 1.54) is 11.3 Å². The maximum Gasteiger partial charge on any atom is 0.121 e. The molecule has 2 rings (SSSR count). The number of nitrogens with zero attached hydrogens (tertiary/aromatic N) is 1. The number of nitrogens with one attached hydrogen (secondary N) is 2. The van der Waals surface area contributed by atoms with Crippen LogP contribution in [0.4, 0.5) is 0 Å². The minimum Gasteiger partial charge on any atom is -0.344 e. The van der Waals surface area contributed by atoms with Crippen LogP contribution in [0.2, 0.25) is 0 Å². The van der Waals surface area contributed by atoms with Gasteiger partial charge in [-0.2, -0.15) is 0 Å². The summed E-state index contributed by atoms with van der Waals surface area (Å²) in [6.07, 6.45) is 0. The first-order valence-corrected chi connectivity index (χ1v) is 6.57. The average molecular weight is 243 g/mol. The van der Waals surface area contributed by atoms with Crippen LogP contribution in [0, 0.1) is 0 Å². The monoisotopic (exact) mass is 243 g/mol. The molecule has 0 fully saturated rings. The molecule has 1 heterocycles. The van der Waals surface area contributed by atoms with Crippen molar-refractivity contribution in [3.05, 3.63) is 41.9 Å². The molecule has 0 aliphatic heterocycles. The summed E-state index contributed by atoms with van der Waals surface area (Å²) in [4.78, 5) is 8.16. The molecule has 0 saturated heterocycles. The van der Waals surface area contributed by atoms with Crippen molar-refractivity contribution >= 4 is 0 Å². The molecule has 0 spiro atoms. The van der Waals surface area contributed by atoms with Crippen molar-refractivity contribution < 1.29 is 0 Å². The van der Waals surface area contributed by atoms with Crippen LogP contribution in [0.25, 0.3) is 11.3 Å².